The number of halogens is 1. The van der Waals surface area contributed by atoms with E-state index in [2.05, 4.69) is 20.3 Å². The number of hydrogen-bond acceptors (Lipinski definition) is 9. The van der Waals surface area contributed by atoms with Gasteiger partial charge in [-0.3, -0.25) is 19.1 Å². The molecule has 0 unspecified atom stereocenters. The number of sulfonamides is 1. The van der Waals surface area contributed by atoms with E-state index in [-0.39, 0.29) is 36.9 Å². The van der Waals surface area contributed by atoms with Gasteiger partial charge in [0.2, 0.25) is 27.7 Å². The van der Waals surface area contributed by atoms with Crippen LogP contribution in [0.15, 0.2) is 36.5 Å². The first kappa shape index (κ1) is 36.3. The smallest absolute Gasteiger partial charge is 0.405 e. The first-order chi connectivity index (χ1) is 24.3. The molecule has 2 aliphatic carbocycles. The quantitative estimate of drug-likeness (QED) is 0.293. The largest absolute Gasteiger partial charge is 0.494 e. The first-order valence-electron chi connectivity index (χ1n) is 17.4. The number of benzene rings is 1. The summed E-state index contributed by atoms with van der Waals surface area (Å²) in [6, 6.07) is 1.97. The van der Waals surface area contributed by atoms with Crippen molar-refractivity contribution in [1.82, 2.24) is 25.2 Å². The lowest BCUT2D eigenvalue weighted by atomic mass is 9.85. The molecule has 1 saturated heterocycles. The lowest BCUT2D eigenvalue weighted by Gasteiger charge is -2.33. The molecule has 2 saturated carbocycles. The van der Waals surface area contributed by atoms with Gasteiger partial charge in [0.1, 0.15) is 23.7 Å². The number of carbonyl (C=O) groups excluding carboxylic acids is 3. The summed E-state index contributed by atoms with van der Waals surface area (Å²) >= 11 is 0. The predicted octanol–water partition coefficient (Wildman–Crippen LogP) is 3.25. The zero-order valence-electron chi connectivity index (χ0n) is 28.8. The van der Waals surface area contributed by atoms with Crippen LogP contribution in [-0.4, -0.2) is 89.9 Å². The van der Waals surface area contributed by atoms with Crippen molar-refractivity contribution in [2.24, 2.45) is 17.8 Å². The van der Waals surface area contributed by atoms with Crippen LogP contribution in [0.3, 0.4) is 0 Å². The SMILES string of the molecule is CC[C@@H]1C[C@H](C)CC/C=C\[C@@H]2C[C@@]2(C(=O)NS(=O)(=O)C2CC2)NC(=O)[C@@H]2C[C@@H](Oc3nccc4cc(OC)c(F)cc34)CN2C(=O)[C@H]1NC(=O)O. The number of nitrogens with one attached hydrogen (secondary N) is 3. The molecule has 2 aliphatic heterocycles. The van der Waals surface area contributed by atoms with E-state index in [0.717, 1.165) is 6.42 Å². The zero-order valence-corrected chi connectivity index (χ0v) is 29.6. The molecule has 0 bridgehead atoms. The Labute approximate surface area is 295 Å². The van der Waals surface area contributed by atoms with Gasteiger partial charge < -0.3 is 30.1 Å². The molecule has 1 aromatic carbocycles. The lowest BCUT2D eigenvalue weighted by molar-refractivity contribution is -0.142. The maximum absolute atomic E-state index is 14.8. The number of pyridine rings is 1. The average Bonchev–Trinajstić information content (AvgIpc) is 4.01. The molecule has 4 N–H and O–H groups in total. The monoisotopic (exact) mass is 729 g/mol. The number of carbonyl (C=O) groups is 4. The first-order valence-corrected chi connectivity index (χ1v) is 18.9. The van der Waals surface area contributed by atoms with E-state index in [1.807, 2.05) is 26.0 Å². The van der Waals surface area contributed by atoms with Gasteiger partial charge in [-0.05, 0) is 73.9 Å². The highest BCUT2D eigenvalue weighted by Gasteiger charge is 2.62. The molecular formula is C35H44FN5O9S. The van der Waals surface area contributed by atoms with Crippen molar-refractivity contribution in [3.05, 3.63) is 42.4 Å². The van der Waals surface area contributed by atoms with E-state index in [9.17, 15) is 37.1 Å². The second kappa shape index (κ2) is 14.3. The number of rotatable bonds is 8. The van der Waals surface area contributed by atoms with E-state index < -0.39 is 80.5 Å². The Morgan fingerprint density at radius 3 is 2.65 bits per heavy atom. The van der Waals surface area contributed by atoms with Crippen molar-refractivity contribution in [1.29, 1.82) is 0 Å². The van der Waals surface area contributed by atoms with E-state index in [4.69, 9.17) is 9.47 Å². The topological polar surface area (TPSA) is 193 Å². The fraction of sp³-hybridized carbons (Fsp3) is 0.571. The molecule has 16 heteroatoms. The third-order valence-corrected chi connectivity index (χ3v) is 12.4. The number of methoxy groups -OCH3 is 1. The van der Waals surface area contributed by atoms with Gasteiger partial charge >= 0.3 is 6.09 Å². The van der Waals surface area contributed by atoms with Crippen LogP contribution in [0.1, 0.15) is 65.2 Å². The van der Waals surface area contributed by atoms with Gasteiger partial charge in [-0.25, -0.2) is 22.6 Å². The summed E-state index contributed by atoms with van der Waals surface area (Å²) in [4.78, 5) is 59.9. The van der Waals surface area contributed by atoms with E-state index >= 15 is 0 Å². The fourth-order valence-corrected chi connectivity index (χ4v) is 8.77. The molecule has 6 rings (SSSR count). The number of ether oxygens (including phenoxy) is 2. The maximum Gasteiger partial charge on any atom is 0.405 e. The van der Waals surface area contributed by atoms with Gasteiger partial charge in [0.15, 0.2) is 11.6 Å². The summed E-state index contributed by atoms with van der Waals surface area (Å²) in [5.41, 5.74) is -1.56. The summed E-state index contributed by atoms with van der Waals surface area (Å²) in [6.45, 7) is 3.76. The molecular weight excluding hydrogens is 685 g/mol. The average molecular weight is 730 g/mol. The van der Waals surface area contributed by atoms with Crippen LogP contribution in [0.25, 0.3) is 10.8 Å². The van der Waals surface area contributed by atoms with Crippen molar-refractivity contribution in [2.45, 2.75) is 94.2 Å². The highest BCUT2D eigenvalue weighted by atomic mass is 32.2. The molecule has 2 aromatic rings. The van der Waals surface area contributed by atoms with Crippen LogP contribution >= 0.6 is 0 Å². The van der Waals surface area contributed by atoms with Crippen LogP contribution < -0.4 is 24.8 Å². The number of amides is 4. The van der Waals surface area contributed by atoms with Gasteiger partial charge in [0.25, 0.3) is 5.91 Å². The Balaban J connectivity index is 1.35. The highest BCUT2D eigenvalue weighted by molar-refractivity contribution is 7.91. The second-order valence-corrected chi connectivity index (χ2v) is 16.2. The van der Waals surface area contributed by atoms with Gasteiger partial charge in [0.05, 0.1) is 18.9 Å². The lowest BCUT2D eigenvalue weighted by Crippen LogP contribution is -2.59. The van der Waals surface area contributed by atoms with Gasteiger partial charge in [-0.15, -0.1) is 0 Å². The fourth-order valence-electron chi connectivity index (χ4n) is 7.40. The number of fused-ring (bicyclic) bond motifs is 3. The number of nitrogens with zero attached hydrogens (tertiary/aromatic N) is 2. The molecule has 3 heterocycles. The van der Waals surface area contributed by atoms with E-state index in [1.54, 1.807) is 6.07 Å². The van der Waals surface area contributed by atoms with E-state index in [0.29, 0.717) is 42.9 Å². The van der Waals surface area contributed by atoms with Crippen molar-refractivity contribution in [2.75, 3.05) is 13.7 Å². The van der Waals surface area contributed by atoms with E-state index in [1.165, 1.54) is 30.3 Å². The second-order valence-electron chi connectivity index (χ2n) is 14.2. The molecule has 0 spiro atoms. The number of aromatic nitrogens is 1. The molecule has 51 heavy (non-hydrogen) atoms. The third kappa shape index (κ3) is 7.60. The molecule has 4 aliphatic rings. The summed E-state index contributed by atoms with van der Waals surface area (Å²) < 4.78 is 53.9. The van der Waals surface area contributed by atoms with Crippen LogP contribution in [0.2, 0.25) is 0 Å². The molecule has 1 aromatic heterocycles. The minimum Gasteiger partial charge on any atom is -0.494 e. The molecule has 0 radical (unpaired) electrons. The Morgan fingerprint density at radius 2 is 1.96 bits per heavy atom. The Kier molecular flexibility index (Phi) is 10.2. The number of hydrogen-bond donors (Lipinski definition) is 4. The van der Waals surface area contributed by atoms with Gasteiger partial charge in [-0.1, -0.05) is 32.4 Å². The van der Waals surface area contributed by atoms with Crippen LogP contribution in [-0.2, 0) is 24.4 Å². The van der Waals surface area contributed by atoms with Crippen molar-refractivity contribution in [3.8, 4) is 11.6 Å². The molecule has 4 amide bonds. The summed E-state index contributed by atoms with van der Waals surface area (Å²) in [7, 11) is -2.58. The Bertz CT molecular complexity index is 1850. The normalized spacial score (nSPS) is 30.5. The van der Waals surface area contributed by atoms with Gasteiger partial charge in [-0.2, -0.15) is 0 Å². The molecule has 14 nitrogen and oxygen atoms in total. The Morgan fingerprint density at radius 1 is 1.20 bits per heavy atom. The summed E-state index contributed by atoms with van der Waals surface area (Å²) in [6.07, 6.45) is 6.34. The summed E-state index contributed by atoms with van der Waals surface area (Å²) in [5, 5.41) is 15.3. The summed E-state index contributed by atoms with van der Waals surface area (Å²) in [5.74, 6) is -3.50. The van der Waals surface area contributed by atoms with Crippen molar-refractivity contribution < 1.29 is 46.6 Å². The third-order valence-electron chi connectivity index (χ3n) is 10.5. The highest BCUT2D eigenvalue weighted by Crippen LogP contribution is 2.46. The predicted molar refractivity (Wildman–Crippen MR) is 183 cm³/mol. The number of allylic oxidation sites excluding steroid dienone is 1. The van der Waals surface area contributed by atoms with Gasteiger partial charge in [0, 0.05) is 23.9 Å². The number of carboxylic acid groups (broad SMARTS) is 1. The molecule has 7 atom stereocenters. The van der Waals surface area contributed by atoms with Crippen LogP contribution in [0, 0.1) is 23.6 Å². The minimum absolute atomic E-state index is 0.0292. The van der Waals surface area contributed by atoms with Crippen LogP contribution in [0.5, 0.6) is 11.6 Å². The standard InChI is InChI=1S/C35H44FN5O9S/c1-4-20-13-19(2)7-5-6-8-22-17-35(22,33(44)40-51(47,48)24-9-10-24)39-30(42)27-15-23(18-41(27)32(43)29(20)38-34(45)46)50-31-25-16-26(36)28(49-3)14-21(25)11-12-37-31/h6,8,11-12,14,16,19-20,22-24,27,29,38H,4-5,7,9-10,13,15,17-18H2,1-3H3,(H,39,42)(H,40,44)(H,45,46)/b8-6-/t19-,20-,22-,23-,27+,29+,35-/m1/s1. The molecule has 3 fully saturated rings. The minimum atomic E-state index is -3.93. The van der Waals surface area contributed by atoms with Crippen molar-refractivity contribution in [3.63, 3.8) is 0 Å². The molecule has 276 valence electrons. The zero-order chi connectivity index (χ0) is 36.7. The maximum atomic E-state index is 14.8. The Hall–Kier alpha value is -4.47. The van der Waals surface area contributed by atoms with Crippen LogP contribution in [0.4, 0.5) is 9.18 Å². The van der Waals surface area contributed by atoms with Crippen molar-refractivity contribution >= 4 is 44.6 Å².